The number of rotatable bonds is 5. The van der Waals surface area contributed by atoms with Gasteiger partial charge in [0.2, 0.25) is 5.91 Å². The summed E-state index contributed by atoms with van der Waals surface area (Å²) in [4.78, 5) is 18.3. The Hall–Kier alpha value is -1.77. The molecule has 7 nitrogen and oxygen atoms in total. The largest absolute Gasteiger partial charge is 0.375 e. The molecule has 8 heteroatoms. The van der Waals surface area contributed by atoms with Gasteiger partial charge in [-0.25, -0.2) is 0 Å². The molecule has 0 aliphatic carbocycles. The molecule has 2 fully saturated rings. The quantitative estimate of drug-likeness (QED) is 0.787. The van der Waals surface area contributed by atoms with Gasteiger partial charge in [0, 0.05) is 63.1 Å². The highest BCUT2D eigenvalue weighted by atomic mass is 32.1. The van der Waals surface area contributed by atoms with Crippen LogP contribution < -0.4 is 0 Å². The molecule has 0 N–H and O–H groups in total. The van der Waals surface area contributed by atoms with Crippen molar-refractivity contribution in [3.63, 3.8) is 0 Å². The SMILES string of the molecule is COCC(=O)N1CC(c2nncn2C)C2(CN(Cc3sccc3C)C2)C1. The van der Waals surface area contributed by atoms with Gasteiger partial charge in [0.15, 0.2) is 0 Å². The van der Waals surface area contributed by atoms with Crippen LogP contribution in [0.15, 0.2) is 17.8 Å². The van der Waals surface area contributed by atoms with Crippen molar-refractivity contribution >= 4 is 17.2 Å². The highest BCUT2D eigenvalue weighted by molar-refractivity contribution is 7.10. The van der Waals surface area contributed by atoms with E-state index in [1.807, 2.05) is 27.9 Å². The van der Waals surface area contributed by atoms with Crippen molar-refractivity contribution in [1.82, 2.24) is 24.6 Å². The molecule has 4 rings (SSSR count). The third kappa shape index (κ3) is 2.95. The third-order valence-corrected chi connectivity index (χ3v) is 6.75. The summed E-state index contributed by atoms with van der Waals surface area (Å²) in [6, 6.07) is 2.18. The number of hydrogen-bond acceptors (Lipinski definition) is 6. The number of likely N-dealkylation sites (tertiary alicyclic amines) is 2. The Morgan fingerprint density at radius 1 is 1.42 bits per heavy atom. The summed E-state index contributed by atoms with van der Waals surface area (Å²) in [5.41, 5.74) is 1.43. The number of hydrogen-bond donors (Lipinski definition) is 0. The lowest BCUT2D eigenvalue weighted by Gasteiger charge is -2.50. The topological polar surface area (TPSA) is 63.5 Å². The summed E-state index contributed by atoms with van der Waals surface area (Å²) < 4.78 is 7.05. The number of nitrogens with zero attached hydrogens (tertiary/aromatic N) is 5. The van der Waals surface area contributed by atoms with Crippen molar-refractivity contribution in [2.45, 2.75) is 19.4 Å². The average Bonchev–Trinajstić information content (AvgIpc) is 3.27. The van der Waals surface area contributed by atoms with Crippen LogP contribution in [0.1, 0.15) is 22.2 Å². The van der Waals surface area contributed by atoms with E-state index in [1.54, 1.807) is 13.4 Å². The summed E-state index contributed by atoms with van der Waals surface area (Å²) in [7, 11) is 3.55. The van der Waals surface area contributed by atoms with Crippen LogP contribution in [0, 0.1) is 12.3 Å². The standard InChI is InChI=1S/C18H25N5O2S/c1-13-4-5-26-15(13)7-22-9-18(10-22)11-23(16(24)8-25-3)6-14(18)17-20-19-12-21(17)2/h4-5,12,14H,6-11H2,1-3H3. The fraction of sp³-hybridized carbons (Fsp3) is 0.611. The van der Waals surface area contributed by atoms with Gasteiger partial charge in [0.05, 0.1) is 0 Å². The molecule has 2 aromatic rings. The molecular formula is C18H25N5O2S. The number of carbonyl (C=O) groups is 1. The predicted octanol–water partition coefficient (Wildman–Crippen LogP) is 1.26. The van der Waals surface area contributed by atoms with E-state index in [4.69, 9.17) is 4.74 Å². The molecule has 1 amide bonds. The summed E-state index contributed by atoms with van der Waals surface area (Å²) >= 11 is 1.82. The molecule has 0 aromatic carbocycles. The van der Waals surface area contributed by atoms with E-state index in [1.165, 1.54) is 10.4 Å². The minimum atomic E-state index is 0.0593. The Balaban J connectivity index is 1.52. The number of carbonyl (C=O) groups excluding carboxylic acids is 1. The first-order valence-electron chi connectivity index (χ1n) is 8.88. The molecule has 0 radical (unpaired) electrons. The smallest absolute Gasteiger partial charge is 0.248 e. The number of aryl methyl sites for hydroxylation is 2. The molecule has 1 unspecified atom stereocenters. The Morgan fingerprint density at radius 3 is 2.85 bits per heavy atom. The van der Waals surface area contributed by atoms with E-state index < -0.39 is 0 Å². The van der Waals surface area contributed by atoms with Crippen LogP contribution in [0.4, 0.5) is 0 Å². The van der Waals surface area contributed by atoms with E-state index in [0.29, 0.717) is 6.54 Å². The number of ether oxygens (including phenoxy) is 1. The first kappa shape index (κ1) is 17.6. The predicted molar refractivity (Wildman–Crippen MR) is 99.0 cm³/mol. The Labute approximate surface area is 157 Å². The highest BCUT2D eigenvalue weighted by Gasteiger charge is 2.56. The fourth-order valence-corrected chi connectivity index (χ4v) is 5.33. The van der Waals surface area contributed by atoms with Crippen LogP contribution in [0.5, 0.6) is 0 Å². The zero-order chi connectivity index (χ0) is 18.3. The maximum absolute atomic E-state index is 12.4. The van der Waals surface area contributed by atoms with Gasteiger partial charge >= 0.3 is 0 Å². The van der Waals surface area contributed by atoms with Gasteiger partial charge in [0.25, 0.3) is 0 Å². The first-order chi connectivity index (χ1) is 12.5. The second-order valence-electron chi connectivity index (χ2n) is 7.59. The monoisotopic (exact) mass is 375 g/mol. The molecule has 26 heavy (non-hydrogen) atoms. The Bertz CT molecular complexity index is 795. The van der Waals surface area contributed by atoms with Gasteiger partial charge in [-0.05, 0) is 23.9 Å². The molecule has 0 saturated carbocycles. The summed E-state index contributed by atoms with van der Waals surface area (Å²) in [6.07, 6.45) is 1.74. The molecule has 0 bridgehead atoms. The van der Waals surface area contributed by atoms with Crippen LogP contribution >= 0.6 is 11.3 Å². The van der Waals surface area contributed by atoms with Gasteiger partial charge in [-0.2, -0.15) is 0 Å². The van der Waals surface area contributed by atoms with E-state index >= 15 is 0 Å². The number of amides is 1. The minimum absolute atomic E-state index is 0.0593. The number of aromatic nitrogens is 3. The Kier molecular flexibility index (Phi) is 4.58. The lowest BCUT2D eigenvalue weighted by Crippen LogP contribution is -2.59. The summed E-state index contributed by atoms with van der Waals surface area (Å²) in [5, 5.41) is 10.6. The van der Waals surface area contributed by atoms with Crippen LogP contribution in [0.3, 0.4) is 0 Å². The molecule has 4 heterocycles. The molecular weight excluding hydrogens is 350 g/mol. The van der Waals surface area contributed by atoms with Crippen molar-refractivity contribution in [1.29, 1.82) is 0 Å². The van der Waals surface area contributed by atoms with Crippen molar-refractivity contribution in [2.24, 2.45) is 12.5 Å². The average molecular weight is 375 g/mol. The van der Waals surface area contributed by atoms with Crippen molar-refractivity contribution in [3.05, 3.63) is 34.0 Å². The molecule has 2 aliphatic heterocycles. The van der Waals surface area contributed by atoms with Crippen LogP contribution in [0.2, 0.25) is 0 Å². The summed E-state index contributed by atoms with van der Waals surface area (Å²) in [5.74, 6) is 1.25. The van der Waals surface area contributed by atoms with E-state index in [9.17, 15) is 4.79 Å². The second kappa shape index (κ2) is 6.75. The van der Waals surface area contributed by atoms with Gasteiger partial charge < -0.3 is 14.2 Å². The minimum Gasteiger partial charge on any atom is -0.375 e. The zero-order valence-corrected chi connectivity index (χ0v) is 16.3. The normalized spacial score (nSPS) is 22.1. The number of thiophene rings is 1. The molecule has 1 spiro atoms. The maximum atomic E-state index is 12.4. The van der Waals surface area contributed by atoms with Crippen LogP contribution in [-0.4, -0.2) is 70.4 Å². The van der Waals surface area contributed by atoms with Crippen molar-refractivity contribution in [2.75, 3.05) is 39.9 Å². The molecule has 140 valence electrons. The summed E-state index contributed by atoms with van der Waals surface area (Å²) in [6.45, 7) is 6.73. The van der Waals surface area contributed by atoms with Gasteiger partial charge in [-0.3, -0.25) is 9.69 Å². The maximum Gasteiger partial charge on any atom is 0.248 e. The van der Waals surface area contributed by atoms with E-state index in [-0.39, 0.29) is 23.8 Å². The van der Waals surface area contributed by atoms with Gasteiger partial charge in [-0.1, -0.05) is 0 Å². The van der Waals surface area contributed by atoms with E-state index in [0.717, 1.165) is 32.0 Å². The Morgan fingerprint density at radius 2 is 2.23 bits per heavy atom. The second-order valence-corrected chi connectivity index (χ2v) is 8.59. The first-order valence-corrected chi connectivity index (χ1v) is 9.76. The van der Waals surface area contributed by atoms with E-state index in [2.05, 4.69) is 33.5 Å². The lowest BCUT2D eigenvalue weighted by molar-refractivity contribution is -0.135. The molecule has 2 saturated heterocycles. The molecule has 2 aromatic heterocycles. The highest BCUT2D eigenvalue weighted by Crippen LogP contribution is 2.49. The molecule has 1 atom stereocenters. The van der Waals surface area contributed by atoms with Crippen molar-refractivity contribution < 1.29 is 9.53 Å². The third-order valence-electron chi connectivity index (χ3n) is 5.74. The van der Waals surface area contributed by atoms with Crippen molar-refractivity contribution in [3.8, 4) is 0 Å². The molecule has 2 aliphatic rings. The van der Waals surface area contributed by atoms with Crippen LogP contribution in [0.25, 0.3) is 0 Å². The van der Waals surface area contributed by atoms with Gasteiger partial charge in [-0.15, -0.1) is 21.5 Å². The van der Waals surface area contributed by atoms with Crippen LogP contribution in [-0.2, 0) is 23.1 Å². The fourth-order valence-electron chi connectivity index (χ4n) is 4.38. The lowest BCUT2D eigenvalue weighted by atomic mass is 9.71. The zero-order valence-electron chi connectivity index (χ0n) is 15.5. The number of methoxy groups -OCH3 is 1. The van der Waals surface area contributed by atoms with Gasteiger partial charge in [0.1, 0.15) is 18.8 Å².